The Balaban J connectivity index is 2.39. The first-order chi connectivity index (χ1) is 8.59. The molecule has 1 aromatic rings. The number of nitrogens with one attached hydrogen (secondary N) is 1. The van der Waals surface area contributed by atoms with Gasteiger partial charge in [-0.1, -0.05) is 18.2 Å². The molecule has 18 heavy (non-hydrogen) atoms. The van der Waals surface area contributed by atoms with Crippen LogP contribution in [0.15, 0.2) is 29.4 Å². The molecule has 3 N–H and O–H groups in total. The van der Waals surface area contributed by atoms with Gasteiger partial charge in [-0.25, -0.2) is 0 Å². The lowest BCUT2D eigenvalue weighted by atomic mass is 9.99. The Morgan fingerprint density at radius 1 is 1.50 bits per heavy atom. The van der Waals surface area contributed by atoms with Crippen molar-refractivity contribution in [3.63, 3.8) is 0 Å². The number of hydrogen-bond acceptors (Lipinski definition) is 3. The van der Waals surface area contributed by atoms with Gasteiger partial charge in [0.25, 0.3) is 0 Å². The van der Waals surface area contributed by atoms with Crippen molar-refractivity contribution in [2.45, 2.75) is 13.3 Å². The molecule has 1 aromatic carbocycles. The van der Waals surface area contributed by atoms with Gasteiger partial charge in [0.2, 0.25) is 5.91 Å². The van der Waals surface area contributed by atoms with E-state index in [1.54, 1.807) is 11.8 Å². The van der Waals surface area contributed by atoms with Crippen LogP contribution in [-0.4, -0.2) is 23.3 Å². The molecule has 6 heteroatoms. The summed E-state index contributed by atoms with van der Waals surface area (Å²) in [6.07, 6.45) is 0.673. The Bertz CT molecular complexity index is 527. The largest absolute Gasteiger partial charge is 0.375 e. The lowest BCUT2D eigenvalue weighted by Gasteiger charge is -2.29. The Morgan fingerprint density at radius 2 is 2.22 bits per heavy atom. The summed E-state index contributed by atoms with van der Waals surface area (Å²) in [5.41, 5.74) is 10.6. The molecule has 0 aliphatic carbocycles. The number of nitrogens with two attached hydrogens (primary N) is 1. The van der Waals surface area contributed by atoms with Gasteiger partial charge in [-0.2, -0.15) is 5.10 Å². The summed E-state index contributed by atoms with van der Waals surface area (Å²) in [6, 6.07) is 7.66. The highest BCUT2D eigenvalue weighted by Crippen LogP contribution is 2.27. The smallest absolute Gasteiger partial charge is 0.223 e. The molecule has 0 unspecified atom stereocenters. The molecule has 1 aliphatic heterocycles. The van der Waals surface area contributed by atoms with Crippen LogP contribution in [0.1, 0.15) is 18.9 Å². The van der Waals surface area contributed by atoms with Crippen LogP contribution in [0.25, 0.3) is 0 Å². The third-order valence-electron chi connectivity index (χ3n) is 2.76. The van der Waals surface area contributed by atoms with Crippen LogP contribution in [-0.2, 0) is 4.79 Å². The van der Waals surface area contributed by atoms with Crippen molar-refractivity contribution >= 4 is 34.6 Å². The van der Waals surface area contributed by atoms with Crippen molar-refractivity contribution < 1.29 is 4.79 Å². The summed E-state index contributed by atoms with van der Waals surface area (Å²) in [5, 5.41) is 4.31. The van der Waals surface area contributed by atoms with Crippen molar-refractivity contribution in [3.05, 3.63) is 29.8 Å². The molecule has 2 rings (SSSR count). The number of hydrogen-bond donors (Lipinski definition) is 2. The van der Waals surface area contributed by atoms with Gasteiger partial charge in [-0.3, -0.25) is 10.2 Å². The minimum absolute atomic E-state index is 0.0313. The summed E-state index contributed by atoms with van der Waals surface area (Å²) < 4.78 is 0. The Hall–Kier alpha value is -1.95. The Morgan fingerprint density at radius 3 is 2.89 bits per heavy atom. The van der Waals surface area contributed by atoms with Crippen LogP contribution in [0.5, 0.6) is 0 Å². The van der Waals surface area contributed by atoms with Crippen molar-refractivity contribution in [3.8, 4) is 0 Å². The van der Waals surface area contributed by atoms with E-state index in [1.165, 1.54) is 0 Å². The minimum Gasteiger partial charge on any atom is -0.375 e. The maximum atomic E-state index is 11.6. The standard InChI is InChI=1S/C12H14N4OS/c1-8(17)16-7-6-10(14-15-12(13)18)9-4-2-3-5-11(9)16/h2-5H,6-7H2,1H3,(H3,13,15,18). The van der Waals surface area contributed by atoms with E-state index < -0.39 is 0 Å². The highest BCUT2D eigenvalue weighted by atomic mass is 32.1. The fraction of sp³-hybridized carbons (Fsp3) is 0.250. The molecule has 1 amide bonds. The zero-order valence-electron chi connectivity index (χ0n) is 10.0. The molecule has 0 radical (unpaired) electrons. The zero-order valence-corrected chi connectivity index (χ0v) is 10.8. The third-order valence-corrected chi connectivity index (χ3v) is 2.85. The van der Waals surface area contributed by atoms with E-state index in [9.17, 15) is 4.79 Å². The van der Waals surface area contributed by atoms with E-state index in [4.69, 9.17) is 18.0 Å². The van der Waals surface area contributed by atoms with Crippen LogP contribution >= 0.6 is 12.2 Å². The fourth-order valence-electron chi connectivity index (χ4n) is 1.99. The van der Waals surface area contributed by atoms with E-state index >= 15 is 0 Å². The van der Waals surface area contributed by atoms with E-state index in [0.29, 0.717) is 13.0 Å². The normalized spacial score (nSPS) is 16.3. The topological polar surface area (TPSA) is 70.7 Å². The van der Waals surface area contributed by atoms with Crippen molar-refractivity contribution in [1.82, 2.24) is 5.43 Å². The third kappa shape index (κ3) is 2.48. The molecule has 5 nitrogen and oxygen atoms in total. The maximum absolute atomic E-state index is 11.6. The Labute approximate surface area is 111 Å². The molecular formula is C12H14N4OS. The number of rotatable bonds is 1. The van der Waals surface area contributed by atoms with Crippen molar-refractivity contribution in [2.24, 2.45) is 10.8 Å². The molecule has 1 aliphatic rings. The van der Waals surface area contributed by atoms with Crippen LogP contribution in [0.3, 0.4) is 0 Å². The van der Waals surface area contributed by atoms with Crippen LogP contribution in [0.2, 0.25) is 0 Å². The van der Waals surface area contributed by atoms with Gasteiger partial charge in [0.1, 0.15) is 0 Å². The van der Waals surface area contributed by atoms with E-state index in [1.807, 2.05) is 24.3 Å². The second kappa shape index (κ2) is 5.14. The highest BCUT2D eigenvalue weighted by Gasteiger charge is 2.23. The average molecular weight is 262 g/mol. The molecule has 0 aromatic heterocycles. The first-order valence-corrected chi connectivity index (χ1v) is 6.00. The van der Waals surface area contributed by atoms with E-state index in [2.05, 4.69) is 10.5 Å². The van der Waals surface area contributed by atoms with E-state index in [-0.39, 0.29) is 11.0 Å². The number of carbonyl (C=O) groups is 1. The van der Waals surface area contributed by atoms with Gasteiger partial charge in [-0.05, 0) is 18.3 Å². The minimum atomic E-state index is 0.0313. The number of anilines is 1. The Kier molecular flexibility index (Phi) is 3.57. The summed E-state index contributed by atoms with van der Waals surface area (Å²) in [4.78, 5) is 13.3. The van der Waals surface area contributed by atoms with Crippen molar-refractivity contribution in [1.29, 1.82) is 0 Å². The molecule has 0 saturated carbocycles. The maximum Gasteiger partial charge on any atom is 0.223 e. The van der Waals surface area contributed by atoms with Gasteiger partial charge in [0.15, 0.2) is 5.11 Å². The quantitative estimate of drug-likeness (QED) is 0.584. The number of benzene rings is 1. The van der Waals surface area contributed by atoms with Crippen molar-refractivity contribution in [2.75, 3.05) is 11.4 Å². The van der Waals surface area contributed by atoms with E-state index in [0.717, 1.165) is 17.0 Å². The van der Waals surface area contributed by atoms with Gasteiger partial charge in [0.05, 0.1) is 11.4 Å². The number of para-hydroxylation sites is 1. The van der Waals surface area contributed by atoms with Gasteiger partial charge in [-0.15, -0.1) is 0 Å². The summed E-state index contributed by atoms with van der Waals surface area (Å²) >= 11 is 4.72. The lowest BCUT2D eigenvalue weighted by molar-refractivity contribution is -0.116. The molecule has 1 heterocycles. The molecule has 0 saturated heterocycles. The molecule has 0 fully saturated rings. The molecular weight excluding hydrogens is 248 g/mol. The SMILES string of the molecule is CC(=O)N1CCC(=NNC(N)=S)c2ccccc21. The molecule has 0 atom stereocenters. The number of thiocarbonyl (C=S) groups is 1. The number of fused-ring (bicyclic) bond motifs is 1. The summed E-state index contributed by atoms with van der Waals surface area (Å²) in [7, 11) is 0. The summed E-state index contributed by atoms with van der Waals surface area (Å²) in [5.74, 6) is 0.0313. The fourth-order valence-corrected chi connectivity index (χ4v) is 2.04. The number of amides is 1. The number of nitrogens with zero attached hydrogens (tertiary/aromatic N) is 2. The first-order valence-electron chi connectivity index (χ1n) is 5.59. The average Bonchev–Trinajstić information content (AvgIpc) is 2.35. The predicted molar refractivity (Wildman–Crippen MR) is 75.5 cm³/mol. The number of hydrazone groups is 1. The molecule has 94 valence electrons. The second-order valence-electron chi connectivity index (χ2n) is 3.97. The first kappa shape index (κ1) is 12.5. The predicted octanol–water partition coefficient (Wildman–Crippen LogP) is 0.980. The molecule has 0 spiro atoms. The van der Waals surface area contributed by atoms with Gasteiger partial charge in [0, 0.05) is 25.5 Å². The monoisotopic (exact) mass is 262 g/mol. The molecule has 0 bridgehead atoms. The lowest BCUT2D eigenvalue weighted by Crippen LogP contribution is -2.37. The summed E-state index contributed by atoms with van der Waals surface area (Å²) in [6.45, 7) is 2.18. The number of carbonyl (C=O) groups excluding carboxylic acids is 1. The van der Waals surface area contributed by atoms with Gasteiger partial charge < -0.3 is 10.6 Å². The van der Waals surface area contributed by atoms with Gasteiger partial charge >= 0.3 is 0 Å². The second-order valence-corrected chi connectivity index (χ2v) is 4.41. The van der Waals surface area contributed by atoms with Crippen LogP contribution < -0.4 is 16.1 Å². The zero-order chi connectivity index (χ0) is 13.1. The van der Waals surface area contributed by atoms with Crippen LogP contribution in [0, 0.1) is 0 Å². The highest BCUT2D eigenvalue weighted by molar-refractivity contribution is 7.80. The van der Waals surface area contributed by atoms with Crippen LogP contribution in [0.4, 0.5) is 5.69 Å².